The van der Waals surface area contributed by atoms with Crippen molar-refractivity contribution in [3.63, 3.8) is 0 Å². The summed E-state index contributed by atoms with van der Waals surface area (Å²) in [5, 5.41) is 9.97. The molecular formula is C13H12N4O2S2. The Balaban J connectivity index is 1.52. The van der Waals surface area contributed by atoms with E-state index in [2.05, 4.69) is 20.1 Å². The molecular weight excluding hydrogens is 308 g/mol. The Morgan fingerprint density at radius 2 is 2.00 bits per heavy atom. The standard InChI is InChI=1S/C13H12N4O2S2/c1-2-4-10-9(3-1)14-12(19-10)21-13-16-15-11(20-13)17-5-7-18-8-6-17/h1-4H,5-8H2. The van der Waals surface area contributed by atoms with E-state index in [0.717, 1.165) is 46.9 Å². The summed E-state index contributed by atoms with van der Waals surface area (Å²) in [5.74, 6) is 0. The molecule has 8 heteroatoms. The summed E-state index contributed by atoms with van der Waals surface area (Å²) in [5.41, 5.74) is 1.65. The van der Waals surface area contributed by atoms with Gasteiger partial charge in [0.2, 0.25) is 5.13 Å². The topological polar surface area (TPSA) is 64.3 Å². The molecule has 3 aromatic rings. The van der Waals surface area contributed by atoms with Crippen molar-refractivity contribution in [1.29, 1.82) is 0 Å². The Bertz CT molecular complexity index is 718. The number of fused-ring (bicyclic) bond motifs is 1. The van der Waals surface area contributed by atoms with Crippen LogP contribution in [0.25, 0.3) is 11.1 Å². The highest BCUT2D eigenvalue weighted by Gasteiger charge is 2.17. The van der Waals surface area contributed by atoms with Gasteiger partial charge >= 0.3 is 0 Å². The van der Waals surface area contributed by atoms with E-state index in [1.54, 1.807) is 11.3 Å². The van der Waals surface area contributed by atoms with Gasteiger partial charge in [-0.15, -0.1) is 10.2 Å². The lowest BCUT2D eigenvalue weighted by molar-refractivity contribution is 0.122. The summed E-state index contributed by atoms with van der Waals surface area (Å²) in [4.78, 5) is 6.62. The highest BCUT2D eigenvalue weighted by molar-refractivity contribution is 8.00. The predicted octanol–water partition coefficient (Wildman–Crippen LogP) is 2.67. The summed E-state index contributed by atoms with van der Waals surface area (Å²) in [6, 6.07) is 7.72. The van der Waals surface area contributed by atoms with Crippen LogP contribution >= 0.6 is 23.1 Å². The van der Waals surface area contributed by atoms with Crippen molar-refractivity contribution < 1.29 is 9.15 Å². The molecule has 2 aromatic heterocycles. The molecule has 21 heavy (non-hydrogen) atoms. The lowest BCUT2D eigenvalue weighted by atomic mass is 10.3. The molecule has 1 saturated heterocycles. The van der Waals surface area contributed by atoms with E-state index in [4.69, 9.17) is 9.15 Å². The monoisotopic (exact) mass is 320 g/mol. The fourth-order valence-corrected chi connectivity index (χ4v) is 3.84. The number of rotatable bonds is 3. The van der Waals surface area contributed by atoms with Crippen LogP contribution in [0, 0.1) is 0 Å². The van der Waals surface area contributed by atoms with Gasteiger partial charge in [0.05, 0.1) is 13.2 Å². The van der Waals surface area contributed by atoms with Crippen molar-refractivity contribution >= 4 is 39.3 Å². The molecule has 0 N–H and O–H groups in total. The minimum absolute atomic E-state index is 0.598. The molecule has 0 spiro atoms. The first-order valence-electron chi connectivity index (χ1n) is 6.58. The largest absolute Gasteiger partial charge is 0.431 e. The van der Waals surface area contributed by atoms with Gasteiger partial charge < -0.3 is 14.1 Å². The second-order valence-electron chi connectivity index (χ2n) is 4.50. The van der Waals surface area contributed by atoms with E-state index in [9.17, 15) is 0 Å². The molecule has 0 amide bonds. The Labute approximate surface area is 129 Å². The van der Waals surface area contributed by atoms with E-state index >= 15 is 0 Å². The minimum atomic E-state index is 0.598. The quantitative estimate of drug-likeness (QED) is 0.735. The molecule has 108 valence electrons. The highest BCUT2D eigenvalue weighted by atomic mass is 32.2. The number of aromatic nitrogens is 3. The van der Waals surface area contributed by atoms with Gasteiger partial charge in [-0.05, 0) is 12.1 Å². The molecule has 1 aliphatic rings. The molecule has 0 aliphatic carbocycles. The van der Waals surface area contributed by atoms with Gasteiger partial charge in [0.1, 0.15) is 5.52 Å². The third-order valence-corrected chi connectivity index (χ3v) is 5.01. The fourth-order valence-electron chi connectivity index (χ4n) is 2.10. The average Bonchev–Trinajstić information content (AvgIpc) is 3.14. The lowest BCUT2D eigenvalue weighted by Gasteiger charge is -2.25. The lowest BCUT2D eigenvalue weighted by Crippen LogP contribution is -2.36. The molecule has 0 radical (unpaired) electrons. The minimum Gasteiger partial charge on any atom is -0.431 e. The predicted molar refractivity (Wildman–Crippen MR) is 81.1 cm³/mol. The van der Waals surface area contributed by atoms with Crippen molar-refractivity contribution in [2.75, 3.05) is 31.2 Å². The molecule has 3 heterocycles. The summed E-state index contributed by atoms with van der Waals surface area (Å²) in [6.45, 7) is 3.21. The summed E-state index contributed by atoms with van der Waals surface area (Å²) >= 11 is 2.96. The zero-order valence-electron chi connectivity index (χ0n) is 11.1. The molecule has 1 fully saturated rings. The molecule has 0 bridgehead atoms. The van der Waals surface area contributed by atoms with Crippen LogP contribution in [0.2, 0.25) is 0 Å². The van der Waals surface area contributed by atoms with Gasteiger partial charge in [0.15, 0.2) is 9.92 Å². The summed E-state index contributed by atoms with van der Waals surface area (Å²) in [6.07, 6.45) is 0. The van der Waals surface area contributed by atoms with Crippen LogP contribution in [0.1, 0.15) is 0 Å². The molecule has 1 aliphatic heterocycles. The SMILES string of the molecule is c1ccc2oc(Sc3nnc(N4CCOCC4)s3)nc2c1. The van der Waals surface area contributed by atoms with E-state index < -0.39 is 0 Å². The fraction of sp³-hybridized carbons (Fsp3) is 0.308. The maximum atomic E-state index is 5.68. The van der Waals surface area contributed by atoms with Gasteiger partial charge in [-0.25, -0.2) is 4.98 Å². The molecule has 1 aromatic carbocycles. The first kappa shape index (κ1) is 13.1. The number of ether oxygens (including phenoxy) is 1. The second kappa shape index (κ2) is 5.63. The van der Waals surface area contributed by atoms with Gasteiger partial charge in [0, 0.05) is 24.9 Å². The number of morpholine rings is 1. The highest BCUT2D eigenvalue weighted by Crippen LogP contribution is 2.34. The Morgan fingerprint density at radius 1 is 1.14 bits per heavy atom. The van der Waals surface area contributed by atoms with Gasteiger partial charge in [-0.3, -0.25) is 0 Å². The average molecular weight is 320 g/mol. The van der Waals surface area contributed by atoms with Crippen LogP contribution in [0.15, 0.2) is 38.2 Å². The molecule has 6 nitrogen and oxygen atoms in total. The Hall–Kier alpha value is -1.64. The zero-order chi connectivity index (χ0) is 14.1. The first-order valence-corrected chi connectivity index (χ1v) is 8.21. The smallest absolute Gasteiger partial charge is 0.264 e. The number of anilines is 1. The van der Waals surface area contributed by atoms with Crippen molar-refractivity contribution in [3.8, 4) is 0 Å². The van der Waals surface area contributed by atoms with E-state index in [1.165, 1.54) is 11.8 Å². The second-order valence-corrected chi connectivity index (χ2v) is 6.65. The molecule has 0 atom stereocenters. The summed E-state index contributed by atoms with van der Waals surface area (Å²) in [7, 11) is 0. The number of nitrogens with zero attached hydrogens (tertiary/aromatic N) is 4. The van der Waals surface area contributed by atoms with Gasteiger partial charge in [-0.1, -0.05) is 23.5 Å². The van der Waals surface area contributed by atoms with Crippen molar-refractivity contribution in [3.05, 3.63) is 24.3 Å². The normalized spacial score (nSPS) is 15.7. The van der Waals surface area contributed by atoms with Crippen molar-refractivity contribution in [2.24, 2.45) is 0 Å². The van der Waals surface area contributed by atoms with Crippen LogP contribution < -0.4 is 4.90 Å². The number of para-hydroxylation sites is 2. The third-order valence-electron chi connectivity index (χ3n) is 3.13. The zero-order valence-corrected chi connectivity index (χ0v) is 12.7. The Morgan fingerprint density at radius 3 is 2.86 bits per heavy atom. The van der Waals surface area contributed by atoms with E-state index in [1.807, 2.05) is 24.3 Å². The van der Waals surface area contributed by atoms with Crippen LogP contribution in [-0.4, -0.2) is 41.5 Å². The number of oxazole rings is 1. The first-order chi connectivity index (χ1) is 10.4. The van der Waals surface area contributed by atoms with Crippen LogP contribution in [0.3, 0.4) is 0 Å². The van der Waals surface area contributed by atoms with Crippen molar-refractivity contribution in [1.82, 2.24) is 15.2 Å². The Kier molecular flexibility index (Phi) is 3.50. The third kappa shape index (κ3) is 2.74. The van der Waals surface area contributed by atoms with E-state index in [0.29, 0.717) is 5.22 Å². The number of hydrogen-bond acceptors (Lipinski definition) is 8. The van der Waals surface area contributed by atoms with Crippen LogP contribution in [0.4, 0.5) is 5.13 Å². The maximum Gasteiger partial charge on any atom is 0.264 e. The molecule has 4 rings (SSSR count). The van der Waals surface area contributed by atoms with Crippen LogP contribution in [0.5, 0.6) is 0 Å². The van der Waals surface area contributed by atoms with Gasteiger partial charge in [0.25, 0.3) is 5.22 Å². The number of benzene rings is 1. The van der Waals surface area contributed by atoms with E-state index in [-0.39, 0.29) is 0 Å². The van der Waals surface area contributed by atoms with Gasteiger partial charge in [-0.2, -0.15) is 0 Å². The van der Waals surface area contributed by atoms with Crippen LogP contribution in [-0.2, 0) is 4.74 Å². The maximum absolute atomic E-state index is 5.68. The number of hydrogen-bond donors (Lipinski definition) is 0. The molecule has 0 unspecified atom stereocenters. The molecule has 0 saturated carbocycles. The van der Waals surface area contributed by atoms with Crippen molar-refractivity contribution in [2.45, 2.75) is 9.56 Å². The summed E-state index contributed by atoms with van der Waals surface area (Å²) < 4.78 is 11.9.